The smallest absolute Gasteiger partial charge is 0.313 e. The molecular formula is C4H6N2OS. The highest BCUT2D eigenvalue weighted by Gasteiger charge is 1.70. The van der Waals surface area contributed by atoms with E-state index in [9.17, 15) is 4.79 Å². The van der Waals surface area contributed by atoms with Crippen LogP contribution in [-0.2, 0) is 0 Å². The molecule has 8 heavy (non-hydrogen) atoms. The molecule has 1 heterocycles. The van der Waals surface area contributed by atoms with Crippen molar-refractivity contribution in [3.05, 3.63) is 28.9 Å². The van der Waals surface area contributed by atoms with Gasteiger partial charge in [-0.2, -0.15) is 13.5 Å². The molecule has 1 N–H and O–H groups in total. The second kappa shape index (κ2) is 3.26. The lowest BCUT2D eigenvalue weighted by Crippen LogP contribution is -2.05. The first kappa shape index (κ1) is 7.23. The fourth-order valence-electron chi connectivity index (χ4n) is 0.310. The molecule has 0 atom stereocenters. The second-order valence-electron chi connectivity index (χ2n) is 1.09. The topological polar surface area (TPSA) is 45.8 Å². The van der Waals surface area contributed by atoms with Crippen molar-refractivity contribution in [2.24, 2.45) is 0 Å². The Morgan fingerprint density at radius 1 is 1.62 bits per heavy atom. The lowest BCUT2D eigenvalue weighted by Gasteiger charge is -1.72. The van der Waals surface area contributed by atoms with E-state index in [0.29, 0.717) is 0 Å². The summed E-state index contributed by atoms with van der Waals surface area (Å²) in [5.41, 5.74) is -0.303. The summed E-state index contributed by atoms with van der Waals surface area (Å²) in [5, 5.41) is 0. The van der Waals surface area contributed by atoms with Crippen molar-refractivity contribution in [2.45, 2.75) is 0 Å². The lowest BCUT2D eigenvalue weighted by atomic mass is 10.7. The first-order valence-corrected chi connectivity index (χ1v) is 1.89. The molecule has 1 aromatic rings. The van der Waals surface area contributed by atoms with Crippen molar-refractivity contribution in [1.29, 1.82) is 0 Å². The monoisotopic (exact) mass is 130 g/mol. The molecule has 0 saturated carbocycles. The summed E-state index contributed by atoms with van der Waals surface area (Å²) in [4.78, 5) is 15.8. The zero-order valence-corrected chi connectivity index (χ0v) is 5.09. The zero-order chi connectivity index (χ0) is 5.11. The van der Waals surface area contributed by atoms with Crippen LogP contribution in [0.3, 0.4) is 0 Å². The van der Waals surface area contributed by atoms with E-state index in [-0.39, 0.29) is 19.2 Å². The molecule has 1 rings (SSSR count). The van der Waals surface area contributed by atoms with Gasteiger partial charge in [0, 0.05) is 12.4 Å². The van der Waals surface area contributed by atoms with Crippen LogP contribution in [0, 0.1) is 0 Å². The molecule has 0 fully saturated rings. The van der Waals surface area contributed by atoms with Gasteiger partial charge in [0.05, 0.1) is 0 Å². The van der Waals surface area contributed by atoms with E-state index >= 15 is 0 Å². The standard InChI is InChI=1S/C4H4N2O.H2S/c7-4-5-2-1-3-6-4;/h1-3H,(H,5,6,7);1H2. The first-order chi connectivity index (χ1) is 3.39. The molecule has 0 aliphatic carbocycles. The quantitative estimate of drug-likeness (QED) is 0.532. The SMILES string of the molecule is O=c1nccc[nH]1.S. The summed E-state index contributed by atoms with van der Waals surface area (Å²) in [5.74, 6) is 0. The summed E-state index contributed by atoms with van der Waals surface area (Å²) >= 11 is 0. The zero-order valence-electron chi connectivity index (χ0n) is 4.09. The molecule has 0 radical (unpaired) electrons. The van der Waals surface area contributed by atoms with Gasteiger partial charge in [0.25, 0.3) is 0 Å². The Bertz CT molecular complexity index is 180. The first-order valence-electron chi connectivity index (χ1n) is 1.89. The van der Waals surface area contributed by atoms with Crippen molar-refractivity contribution in [1.82, 2.24) is 9.97 Å². The molecule has 44 valence electrons. The minimum absolute atomic E-state index is 0. The Labute approximate surface area is 53.2 Å². The number of hydrogen-bond donors (Lipinski definition) is 1. The summed E-state index contributed by atoms with van der Waals surface area (Å²) in [7, 11) is 0. The Morgan fingerprint density at radius 2 is 2.38 bits per heavy atom. The molecule has 4 heteroatoms. The van der Waals surface area contributed by atoms with Gasteiger partial charge in [-0.15, -0.1) is 0 Å². The van der Waals surface area contributed by atoms with Gasteiger partial charge < -0.3 is 4.98 Å². The number of hydrogen-bond acceptors (Lipinski definition) is 2. The number of aromatic amines is 1. The fourth-order valence-corrected chi connectivity index (χ4v) is 0.310. The lowest BCUT2D eigenvalue weighted by molar-refractivity contribution is 1.08. The Kier molecular flexibility index (Phi) is 2.95. The normalized spacial score (nSPS) is 7.50. The van der Waals surface area contributed by atoms with Gasteiger partial charge in [0.15, 0.2) is 0 Å². The maximum atomic E-state index is 10.1. The molecule has 0 saturated heterocycles. The summed E-state index contributed by atoms with van der Waals surface area (Å²) in [6.45, 7) is 0. The summed E-state index contributed by atoms with van der Waals surface area (Å²) in [6.07, 6.45) is 2.98. The average Bonchev–Trinajstić information content (AvgIpc) is 1.69. The molecule has 1 aromatic heterocycles. The molecule has 0 aliphatic heterocycles. The Balaban J connectivity index is 0.000000490. The highest BCUT2D eigenvalue weighted by Crippen LogP contribution is 1.60. The van der Waals surface area contributed by atoms with Gasteiger partial charge in [-0.1, -0.05) is 0 Å². The van der Waals surface area contributed by atoms with E-state index in [1.165, 1.54) is 12.4 Å². The predicted octanol–water partition coefficient (Wildman–Crippen LogP) is -0.117. The van der Waals surface area contributed by atoms with Crippen LogP contribution < -0.4 is 5.69 Å². The maximum Gasteiger partial charge on any atom is 0.344 e. The minimum atomic E-state index is -0.303. The molecule has 0 spiro atoms. The van der Waals surface area contributed by atoms with Gasteiger partial charge in [0.1, 0.15) is 0 Å². The van der Waals surface area contributed by atoms with Crippen molar-refractivity contribution in [3.63, 3.8) is 0 Å². The Hall–Kier alpha value is -0.770. The third-order valence-corrected chi connectivity index (χ3v) is 0.581. The van der Waals surface area contributed by atoms with Crippen LogP contribution in [0.4, 0.5) is 0 Å². The van der Waals surface area contributed by atoms with Gasteiger partial charge >= 0.3 is 5.69 Å². The van der Waals surface area contributed by atoms with Gasteiger partial charge in [-0.05, 0) is 6.07 Å². The van der Waals surface area contributed by atoms with E-state index in [0.717, 1.165) is 0 Å². The van der Waals surface area contributed by atoms with E-state index in [1.54, 1.807) is 6.07 Å². The largest absolute Gasteiger partial charge is 0.344 e. The van der Waals surface area contributed by atoms with Crippen LogP contribution in [0.2, 0.25) is 0 Å². The molecule has 0 aliphatic rings. The van der Waals surface area contributed by atoms with Crippen LogP contribution in [0.25, 0.3) is 0 Å². The van der Waals surface area contributed by atoms with E-state index < -0.39 is 0 Å². The van der Waals surface area contributed by atoms with Crippen molar-refractivity contribution in [2.75, 3.05) is 0 Å². The molecule has 0 amide bonds. The second-order valence-corrected chi connectivity index (χ2v) is 1.09. The van der Waals surface area contributed by atoms with Crippen LogP contribution in [0.5, 0.6) is 0 Å². The van der Waals surface area contributed by atoms with Crippen molar-refractivity contribution in [3.8, 4) is 0 Å². The van der Waals surface area contributed by atoms with Crippen LogP contribution in [0.1, 0.15) is 0 Å². The van der Waals surface area contributed by atoms with Gasteiger partial charge in [-0.3, -0.25) is 0 Å². The molecular weight excluding hydrogens is 124 g/mol. The molecule has 0 unspecified atom stereocenters. The van der Waals surface area contributed by atoms with Crippen molar-refractivity contribution >= 4 is 13.5 Å². The van der Waals surface area contributed by atoms with Crippen LogP contribution in [0.15, 0.2) is 23.3 Å². The fraction of sp³-hybridized carbons (Fsp3) is 0. The number of aromatic nitrogens is 2. The molecule has 3 nitrogen and oxygen atoms in total. The minimum Gasteiger partial charge on any atom is -0.313 e. The van der Waals surface area contributed by atoms with Crippen molar-refractivity contribution < 1.29 is 0 Å². The highest BCUT2D eigenvalue weighted by molar-refractivity contribution is 7.59. The molecule has 0 aromatic carbocycles. The van der Waals surface area contributed by atoms with E-state index in [4.69, 9.17) is 0 Å². The highest BCUT2D eigenvalue weighted by atomic mass is 32.1. The van der Waals surface area contributed by atoms with Gasteiger partial charge in [0.2, 0.25) is 0 Å². The maximum absolute atomic E-state index is 10.1. The number of H-pyrrole nitrogens is 1. The number of nitrogens with one attached hydrogen (secondary N) is 1. The molecule has 0 bridgehead atoms. The number of rotatable bonds is 0. The third kappa shape index (κ3) is 1.79. The van der Waals surface area contributed by atoms with Gasteiger partial charge in [-0.25, -0.2) is 9.78 Å². The van der Waals surface area contributed by atoms with E-state index in [1.807, 2.05) is 0 Å². The number of nitrogens with zero attached hydrogens (tertiary/aromatic N) is 1. The van der Waals surface area contributed by atoms with E-state index in [2.05, 4.69) is 9.97 Å². The Morgan fingerprint density at radius 3 is 2.62 bits per heavy atom. The third-order valence-electron chi connectivity index (χ3n) is 0.581. The summed E-state index contributed by atoms with van der Waals surface area (Å²) < 4.78 is 0. The average molecular weight is 130 g/mol. The van der Waals surface area contributed by atoms with Crippen LogP contribution >= 0.6 is 13.5 Å². The predicted molar refractivity (Wildman–Crippen MR) is 35.2 cm³/mol. The summed E-state index contributed by atoms with van der Waals surface area (Å²) in [6, 6.07) is 1.65. The van der Waals surface area contributed by atoms with Crippen LogP contribution in [-0.4, -0.2) is 9.97 Å².